The molecule has 1 aliphatic heterocycles. The molecule has 0 radical (unpaired) electrons. The van der Waals surface area contributed by atoms with Crippen LogP contribution in [0.15, 0.2) is 65.3 Å². The molecule has 5 rings (SSSR count). The van der Waals surface area contributed by atoms with E-state index in [-0.39, 0.29) is 30.1 Å². The molecule has 2 aromatic heterocycles. The zero-order valence-corrected chi connectivity index (χ0v) is 20.1. The SMILES string of the molecule is COc1ccc(-c2[nH]c3ccc(F)cc3c2CCC(=O)NC2CCN(C(=O)c3ccco3)CC2)cc1. The summed E-state index contributed by atoms with van der Waals surface area (Å²) in [5, 5.41) is 3.88. The summed E-state index contributed by atoms with van der Waals surface area (Å²) in [6.45, 7) is 1.13. The lowest BCUT2D eigenvalue weighted by molar-refractivity contribution is -0.122. The highest BCUT2D eigenvalue weighted by molar-refractivity contribution is 5.92. The van der Waals surface area contributed by atoms with E-state index in [1.807, 2.05) is 24.3 Å². The van der Waals surface area contributed by atoms with E-state index in [0.717, 1.165) is 33.5 Å². The fraction of sp³-hybridized carbons (Fsp3) is 0.286. The van der Waals surface area contributed by atoms with Gasteiger partial charge in [0.2, 0.25) is 5.91 Å². The summed E-state index contributed by atoms with van der Waals surface area (Å²) in [5.74, 6) is 0.586. The summed E-state index contributed by atoms with van der Waals surface area (Å²) < 4.78 is 24.5. The highest BCUT2D eigenvalue weighted by atomic mass is 19.1. The first-order chi connectivity index (χ1) is 17.5. The van der Waals surface area contributed by atoms with Gasteiger partial charge in [0.15, 0.2) is 5.76 Å². The van der Waals surface area contributed by atoms with Crippen LogP contribution in [-0.2, 0) is 11.2 Å². The van der Waals surface area contributed by atoms with Crippen LogP contribution in [0.4, 0.5) is 4.39 Å². The van der Waals surface area contributed by atoms with Crippen LogP contribution < -0.4 is 10.1 Å². The molecule has 0 saturated carbocycles. The molecule has 2 N–H and O–H groups in total. The first-order valence-corrected chi connectivity index (χ1v) is 12.1. The van der Waals surface area contributed by atoms with E-state index in [9.17, 15) is 14.0 Å². The largest absolute Gasteiger partial charge is 0.497 e. The third kappa shape index (κ3) is 4.98. The number of rotatable bonds is 7. The number of aryl methyl sites for hydroxylation is 1. The van der Waals surface area contributed by atoms with Crippen LogP contribution in [0.1, 0.15) is 35.4 Å². The van der Waals surface area contributed by atoms with Gasteiger partial charge in [-0.2, -0.15) is 0 Å². The number of methoxy groups -OCH3 is 1. The van der Waals surface area contributed by atoms with Crippen LogP contribution in [0.3, 0.4) is 0 Å². The van der Waals surface area contributed by atoms with Gasteiger partial charge in [-0.3, -0.25) is 9.59 Å². The van der Waals surface area contributed by atoms with Gasteiger partial charge in [0.25, 0.3) is 5.91 Å². The Labute approximate surface area is 208 Å². The summed E-state index contributed by atoms with van der Waals surface area (Å²) in [7, 11) is 1.62. The minimum atomic E-state index is -0.315. The van der Waals surface area contributed by atoms with Crippen molar-refractivity contribution in [3.05, 3.63) is 78.0 Å². The van der Waals surface area contributed by atoms with Crippen molar-refractivity contribution in [3.63, 3.8) is 0 Å². The van der Waals surface area contributed by atoms with Crippen molar-refractivity contribution in [2.75, 3.05) is 20.2 Å². The normalized spacial score (nSPS) is 14.2. The second-order valence-electron chi connectivity index (χ2n) is 9.01. The number of H-pyrrole nitrogens is 1. The predicted octanol–water partition coefficient (Wildman–Crippen LogP) is 4.93. The molecule has 2 amide bonds. The van der Waals surface area contributed by atoms with E-state index in [4.69, 9.17) is 9.15 Å². The van der Waals surface area contributed by atoms with Gasteiger partial charge in [0.05, 0.1) is 13.4 Å². The van der Waals surface area contributed by atoms with Crippen LogP contribution in [-0.4, -0.2) is 47.9 Å². The molecule has 4 aromatic rings. The number of carbonyl (C=O) groups is 2. The number of piperidine rings is 1. The van der Waals surface area contributed by atoms with Crippen LogP contribution in [0.25, 0.3) is 22.2 Å². The smallest absolute Gasteiger partial charge is 0.289 e. The Balaban J connectivity index is 1.24. The van der Waals surface area contributed by atoms with Crippen LogP contribution in [0, 0.1) is 5.82 Å². The maximum absolute atomic E-state index is 14.1. The number of hydrogen-bond acceptors (Lipinski definition) is 4. The van der Waals surface area contributed by atoms with Crippen molar-refractivity contribution in [1.82, 2.24) is 15.2 Å². The summed E-state index contributed by atoms with van der Waals surface area (Å²) in [6, 6.07) is 15.7. The summed E-state index contributed by atoms with van der Waals surface area (Å²) in [6.07, 6.45) is 3.61. The molecule has 0 bridgehead atoms. The Morgan fingerprint density at radius 2 is 1.92 bits per heavy atom. The number of fused-ring (bicyclic) bond motifs is 1. The second kappa shape index (κ2) is 10.3. The number of nitrogens with zero attached hydrogens (tertiary/aromatic N) is 1. The van der Waals surface area contributed by atoms with Crippen LogP contribution >= 0.6 is 0 Å². The van der Waals surface area contributed by atoms with Crippen molar-refractivity contribution < 1.29 is 23.1 Å². The molecule has 1 saturated heterocycles. The van der Waals surface area contributed by atoms with E-state index < -0.39 is 0 Å². The van der Waals surface area contributed by atoms with Crippen molar-refractivity contribution >= 4 is 22.7 Å². The molecule has 0 atom stereocenters. The van der Waals surface area contributed by atoms with Crippen LogP contribution in [0.5, 0.6) is 5.75 Å². The zero-order chi connectivity index (χ0) is 25.1. The Kier molecular flexibility index (Phi) is 6.75. The maximum atomic E-state index is 14.1. The Morgan fingerprint density at radius 1 is 1.14 bits per heavy atom. The first-order valence-electron chi connectivity index (χ1n) is 12.1. The van der Waals surface area contributed by atoms with Crippen molar-refractivity contribution in [2.24, 2.45) is 0 Å². The lowest BCUT2D eigenvalue weighted by atomic mass is 10.00. The monoisotopic (exact) mass is 489 g/mol. The fourth-order valence-electron chi connectivity index (χ4n) is 4.81. The Bertz CT molecular complexity index is 1350. The quantitative estimate of drug-likeness (QED) is 0.385. The molecule has 1 fully saturated rings. The topological polar surface area (TPSA) is 87.6 Å². The molecule has 7 nitrogen and oxygen atoms in total. The van der Waals surface area contributed by atoms with E-state index in [1.165, 1.54) is 18.4 Å². The zero-order valence-electron chi connectivity index (χ0n) is 20.1. The molecule has 3 heterocycles. The molecule has 36 heavy (non-hydrogen) atoms. The van der Waals surface area contributed by atoms with Gasteiger partial charge in [0.1, 0.15) is 11.6 Å². The molecular formula is C28H28FN3O4. The van der Waals surface area contributed by atoms with Gasteiger partial charge >= 0.3 is 0 Å². The predicted molar refractivity (Wildman–Crippen MR) is 134 cm³/mol. The fourth-order valence-corrected chi connectivity index (χ4v) is 4.81. The molecule has 0 unspecified atom stereocenters. The molecule has 186 valence electrons. The number of halogens is 1. The number of hydrogen-bond donors (Lipinski definition) is 2. The summed E-state index contributed by atoms with van der Waals surface area (Å²) in [5.41, 5.74) is 3.54. The van der Waals surface area contributed by atoms with Gasteiger partial charge in [-0.1, -0.05) is 0 Å². The number of nitrogens with one attached hydrogen (secondary N) is 2. The molecule has 2 aromatic carbocycles. The summed E-state index contributed by atoms with van der Waals surface area (Å²) in [4.78, 5) is 30.4. The minimum absolute atomic E-state index is 0.0135. The van der Waals surface area contributed by atoms with E-state index >= 15 is 0 Å². The van der Waals surface area contributed by atoms with E-state index in [1.54, 1.807) is 30.2 Å². The Hall–Kier alpha value is -4.07. The number of carbonyl (C=O) groups excluding carboxylic acids is 2. The lowest BCUT2D eigenvalue weighted by Gasteiger charge is -2.31. The van der Waals surface area contributed by atoms with Gasteiger partial charge in [-0.15, -0.1) is 0 Å². The number of benzene rings is 2. The molecule has 0 aliphatic carbocycles. The van der Waals surface area contributed by atoms with Gasteiger partial charge in [-0.25, -0.2) is 4.39 Å². The average Bonchev–Trinajstić information content (AvgIpc) is 3.56. The number of aromatic amines is 1. The number of aromatic nitrogens is 1. The van der Waals surface area contributed by atoms with E-state index in [2.05, 4.69) is 10.3 Å². The maximum Gasteiger partial charge on any atom is 0.289 e. The highest BCUT2D eigenvalue weighted by Gasteiger charge is 2.26. The molecule has 8 heteroatoms. The standard InChI is InChI=1S/C28H28FN3O4/c1-35-21-7-4-18(5-8-21)27-22(23-17-19(29)6-10-24(23)31-27)9-11-26(33)30-20-12-14-32(15-13-20)28(34)25-3-2-16-36-25/h2-8,10,16-17,20,31H,9,11-15H2,1H3,(H,30,33). The van der Waals surface area contributed by atoms with Gasteiger partial charge in [0, 0.05) is 42.1 Å². The van der Waals surface area contributed by atoms with Crippen LogP contribution in [0.2, 0.25) is 0 Å². The van der Waals surface area contributed by atoms with E-state index in [0.29, 0.717) is 38.1 Å². The van der Waals surface area contributed by atoms with Crippen molar-refractivity contribution in [2.45, 2.75) is 31.7 Å². The lowest BCUT2D eigenvalue weighted by Crippen LogP contribution is -2.46. The minimum Gasteiger partial charge on any atom is -0.497 e. The molecule has 1 aliphatic rings. The average molecular weight is 490 g/mol. The second-order valence-corrected chi connectivity index (χ2v) is 9.01. The summed E-state index contributed by atoms with van der Waals surface area (Å²) >= 11 is 0. The first kappa shape index (κ1) is 23.7. The Morgan fingerprint density at radius 3 is 2.61 bits per heavy atom. The third-order valence-electron chi connectivity index (χ3n) is 6.73. The van der Waals surface area contributed by atoms with Crippen molar-refractivity contribution in [3.8, 4) is 17.0 Å². The molecule has 0 spiro atoms. The third-order valence-corrected chi connectivity index (χ3v) is 6.73. The van der Waals surface area contributed by atoms with Gasteiger partial charge in [-0.05, 0) is 85.0 Å². The van der Waals surface area contributed by atoms with Gasteiger partial charge < -0.3 is 24.4 Å². The number of ether oxygens (including phenoxy) is 1. The highest BCUT2D eigenvalue weighted by Crippen LogP contribution is 2.33. The van der Waals surface area contributed by atoms with Crippen molar-refractivity contribution in [1.29, 1.82) is 0 Å². The number of likely N-dealkylation sites (tertiary alicyclic amines) is 1. The number of furan rings is 1. The number of amides is 2. The molecular weight excluding hydrogens is 461 g/mol.